The first-order valence-electron chi connectivity index (χ1n) is 6.85. The molecule has 20 heavy (non-hydrogen) atoms. The normalized spacial score (nSPS) is 12.5. The van der Waals surface area contributed by atoms with Crippen LogP contribution in [0, 0.1) is 12.3 Å². The molecule has 0 atom stereocenters. The zero-order chi connectivity index (χ0) is 15.2. The maximum Gasteiger partial charge on any atom is 0.144 e. The minimum atomic E-state index is -0.248. The molecule has 0 fully saturated rings. The molecule has 5 heteroatoms. The van der Waals surface area contributed by atoms with Gasteiger partial charge in [0.25, 0.3) is 0 Å². The predicted molar refractivity (Wildman–Crippen MR) is 88.4 cm³/mol. The summed E-state index contributed by atoms with van der Waals surface area (Å²) >= 11 is 3.53. The molecule has 0 aromatic heterocycles. The highest BCUT2D eigenvalue weighted by Gasteiger charge is 2.22. The smallest absolute Gasteiger partial charge is 0.144 e. The van der Waals surface area contributed by atoms with Gasteiger partial charge in [-0.3, -0.25) is 0 Å². The third-order valence-electron chi connectivity index (χ3n) is 3.53. The summed E-state index contributed by atoms with van der Waals surface area (Å²) in [4.78, 5) is 0. The molecule has 0 aliphatic carbocycles. The number of amidine groups is 1. The lowest BCUT2D eigenvalue weighted by atomic mass is 9.86. The van der Waals surface area contributed by atoms with Gasteiger partial charge in [0.05, 0.1) is 0 Å². The Labute approximate surface area is 129 Å². The van der Waals surface area contributed by atoms with Crippen LogP contribution in [0.4, 0.5) is 5.69 Å². The van der Waals surface area contributed by atoms with E-state index in [1.54, 1.807) is 0 Å². The fraction of sp³-hybridized carbons (Fsp3) is 0.533. The molecule has 1 aromatic rings. The lowest BCUT2D eigenvalue weighted by Crippen LogP contribution is -2.31. The quantitative estimate of drug-likeness (QED) is 0.230. The number of nitrogens with zero attached hydrogens (tertiary/aromatic N) is 1. The molecule has 4 N–H and O–H groups in total. The summed E-state index contributed by atoms with van der Waals surface area (Å²) in [6, 6.07) is 6.27. The number of rotatable bonds is 7. The Kier molecular flexibility index (Phi) is 6.33. The SMILES string of the molecule is Cc1ccc(NCCCCC(C)(C)/C(N)=N/O)cc1Br. The molecule has 0 unspecified atom stereocenters. The van der Waals surface area contributed by atoms with Crippen molar-refractivity contribution in [2.24, 2.45) is 16.3 Å². The van der Waals surface area contributed by atoms with Gasteiger partial charge in [0.2, 0.25) is 0 Å². The zero-order valence-corrected chi connectivity index (χ0v) is 14.0. The van der Waals surface area contributed by atoms with Crippen LogP contribution < -0.4 is 11.1 Å². The number of nitrogens with two attached hydrogens (primary N) is 1. The maximum atomic E-state index is 8.72. The first-order chi connectivity index (χ1) is 9.36. The number of hydrogen-bond donors (Lipinski definition) is 3. The van der Waals surface area contributed by atoms with E-state index in [2.05, 4.69) is 51.5 Å². The van der Waals surface area contributed by atoms with E-state index in [1.807, 2.05) is 13.8 Å². The Bertz CT molecular complexity index is 472. The number of aryl methyl sites for hydroxylation is 1. The molecule has 0 saturated heterocycles. The van der Waals surface area contributed by atoms with Crippen LogP contribution in [0.5, 0.6) is 0 Å². The number of oxime groups is 1. The van der Waals surface area contributed by atoms with Crippen molar-refractivity contribution >= 4 is 27.5 Å². The number of halogens is 1. The van der Waals surface area contributed by atoms with Crippen LogP contribution in [0.25, 0.3) is 0 Å². The first-order valence-corrected chi connectivity index (χ1v) is 7.64. The average molecular weight is 342 g/mol. The molecule has 0 saturated carbocycles. The van der Waals surface area contributed by atoms with Gasteiger partial charge in [-0.15, -0.1) is 0 Å². The summed E-state index contributed by atoms with van der Waals surface area (Å²) in [6.07, 6.45) is 2.99. The van der Waals surface area contributed by atoms with Crippen LogP contribution >= 0.6 is 15.9 Å². The third-order valence-corrected chi connectivity index (χ3v) is 4.38. The van der Waals surface area contributed by atoms with Crippen molar-refractivity contribution in [3.05, 3.63) is 28.2 Å². The Morgan fingerprint density at radius 1 is 1.40 bits per heavy atom. The first kappa shape index (κ1) is 16.8. The van der Waals surface area contributed by atoms with Gasteiger partial charge >= 0.3 is 0 Å². The molecule has 4 nitrogen and oxygen atoms in total. The number of hydrogen-bond acceptors (Lipinski definition) is 3. The van der Waals surface area contributed by atoms with Crippen molar-refractivity contribution in [2.45, 2.75) is 40.0 Å². The summed E-state index contributed by atoms with van der Waals surface area (Å²) < 4.78 is 1.12. The minimum Gasteiger partial charge on any atom is -0.409 e. The summed E-state index contributed by atoms with van der Waals surface area (Å²) in [7, 11) is 0. The van der Waals surface area contributed by atoms with Crippen molar-refractivity contribution in [3.63, 3.8) is 0 Å². The molecule has 0 bridgehead atoms. The van der Waals surface area contributed by atoms with Gasteiger partial charge in [-0.1, -0.05) is 47.4 Å². The number of nitrogens with one attached hydrogen (secondary N) is 1. The molecule has 0 radical (unpaired) electrons. The highest BCUT2D eigenvalue weighted by Crippen LogP contribution is 2.24. The average Bonchev–Trinajstić information content (AvgIpc) is 2.41. The molecular weight excluding hydrogens is 318 g/mol. The molecule has 0 aliphatic rings. The second-order valence-electron chi connectivity index (χ2n) is 5.72. The Balaban J connectivity index is 2.30. The lowest BCUT2D eigenvalue weighted by molar-refractivity contribution is 0.304. The van der Waals surface area contributed by atoms with Gasteiger partial charge in [0.15, 0.2) is 0 Å². The van der Waals surface area contributed by atoms with Crippen LogP contribution in [0.1, 0.15) is 38.7 Å². The van der Waals surface area contributed by atoms with E-state index in [9.17, 15) is 0 Å². The monoisotopic (exact) mass is 341 g/mol. The largest absolute Gasteiger partial charge is 0.409 e. The summed E-state index contributed by atoms with van der Waals surface area (Å²) in [5, 5.41) is 15.2. The maximum absolute atomic E-state index is 8.72. The van der Waals surface area contributed by atoms with E-state index in [4.69, 9.17) is 10.9 Å². The van der Waals surface area contributed by atoms with Gasteiger partial charge in [-0.25, -0.2) is 0 Å². The van der Waals surface area contributed by atoms with Gasteiger partial charge in [0, 0.05) is 22.1 Å². The molecule has 0 spiro atoms. The third kappa shape index (κ3) is 5.04. The number of benzene rings is 1. The van der Waals surface area contributed by atoms with Crippen molar-refractivity contribution in [1.82, 2.24) is 0 Å². The molecular formula is C15H24BrN3O. The van der Waals surface area contributed by atoms with Crippen LogP contribution in [-0.2, 0) is 0 Å². The Morgan fingerprint density at radius 3 is 2.70 bits per heavy atom. The molecule has 0 amide bonds. The standard InChI is InChI=1S/C15H24BrN3O/c1-11-6-7-12(10-13(11)16)18-9-5-4-8-15(2,3)14(17)19-20/h6-7,10,18,20H,4-5,8-9H2,1-3H3,(H2,17,19). The van der Waals surface area contributed by atoms with Crippen LogP contribution in [0.3, 0.4) is 0 Å². The highest BCUT2D eigenvalue weighted by atomic mass is 79.9. The number of unbranched alkanes of at least 4 members (excludes halogenated alkanes) is 1. The minimum absolute atomic E-state index is 0.248. The van der Waals surface area contributed by atoms with Gasteiger partial charge in [-0.2, -0.15) is 0 Å². The van der Waals surface area contributed by atoms with Crippen LogP contribution in [0.15, 0.2) is 27.8 Å². The van der Waals surface area contributed by atoms with E-state index in [1.165, 1.54) is 5.56 Å². The predicted octanol–water partition coefficient (Wildman–Crippen LogP) is 4.11. The Hall–Kier alpha value is -1.23. The van der Waals surface area contributed by atoms with E-state index in [0.717, 1.165) is 36.0 Å². The summed E-state index contributed by atoms with van der Waals surface area (Å²) in [6.45, 7) is 6.98. The molecule has 0 aliphatic heterocycles. The molecule has 1 rings (SSSR count). The topological polar surface area (TPSA) is 70.6 Å². The van der Waals surface area contributed by atoms with Gasteiger partial charge in [0.1, 0.15) is 5.84 Å². The van der Waals surface area contributed by atoms with Gasteiger partial charge < -0.3 is 16.3 Å². The van der Waals surface area contributed by atoms with Crippen molar-refractivity contribution in [3.8, 4) is 0 Å². The van der Waals surface area contributed by atoms with E-state index in [0.29, 0.717) is 5.84 Å². The molecule has 1 aromatic carbocycles. The van der Waals surface area contributed by atoms with E-state index in [-0.39, 0.29) is 5.41 Å². The second-order valence-corrected chi connectivity index (χ2v) is 6.57. The summed E-state index contributed by atoms with van der Waals surface area (Å²) in [5.74, 6) is 0.299. The highest BCUT2D eigenvalue weighted by molar-refractivity contribution is 9.10. The summed E-state index contributed by atoms with van der Waals surface area (Å²) in [5.41, 5.74) is 7.77. The Morgan fingerprint density at radius 2 is 2.10 bits per heavy atom. The van der Waals surface area contributed by atoms with E-state index < -0.39 is 0 Å². The molecule has 112 valence electrons. The second kappa shape index (κ2) is 7.53. The molecule has 0 heterocycles. The van der Waals surface area contributed by atoms with Crippen LogP contribution in [0.2, 0.25) is 0 Å². The van der Waals surface area contributed by atoms with Crippen LogP contribution in [-0.4, -0.2) is 17.6 Å². The van der Waals surface area contributed by atoms with Crippen molar-refractivity contribution < 1.29 is 5.21 Å². The fourth-order valence-corrected chi connectivity index (χ4v) is 2.27. The number of anilines is 1. The van der Waals surface area contributed by atoms with Gasteiger partial charge in [-0.05, 0) is 37.5 Å². The lowest BCUT2D eigenvalue weighted by Gasteiger charge is -2.22. The zero-order valence-electron chi connectivity index (χ0n) is 12.4. The van der Waals surface area contributed by atoms with Crippen molar-refractivity contribution in [2.75, 3.05) is 11.9 Å². The van der Waals surface area contributed by atoms with E-state index >= 15 is 0 Å². The van der Waals surface area contributed by atoms with Crippen molar-refractivity contribution in [1.29, 1.82) is 0 Å². The fourth-order valence-electron chi connectivity index (χ4n) is 1.89.